The molecule has 1 saturated heterocycles. The van der Waals surface area contributed by atoms with Gasteiger partial charge in [0.25, 0.3) is 0 Å². The Morgan fingerprint density at radius 3 is 2.61 bits per heavy atom. The van der Waals surface area contributed by atoms with Crippen molar-refractivity contribution in [3.05, 3.63) is 70.7 Å². The van der Waals surface area contributed by atoms with Crippen LogP contribution in [0.4, 0.5) is 0 Å². The van der Waals surface area contributed by atoms with Crippen molar-refractivity contribution < 1.29 is 27.4 Å². The number of carbonyl (C=O) groups excluding carboxylic acids is 1. The second kappa shape index (κ2) is 12.0. The second-order valence-electron chi connectivity index (χ2n) is 12.7. The van der Waals surface area contributed by atoms with Crippen LogP contribution in [0.25, 0.3) is 11.0 Å². The van der Waals surface area contributed by atoms with Gasteiger partial charge in [0.1, 0.15) is 16.0 Å². The molecule has 244 valence electrons. The fraction of sp³-hybridized carbons (Fsp3) is 0.485. The zero-order chi connectivity index (χ0) is 32.9. The Labute approximate surface area is 269 Å². The van der Waals surface area contributed by atoms with Gasteiger partial charge < -0.3 is 14.2 Å². The molecule has 0 aliphatic carbocycles. The van der Waals surface area contributed by atoms with Gasteiger partial charge in [-0.2, -0.15) is 4.31 Å². The predicted molar refractivity (Wildman–Crippen MR) is 170 cm³/mol. The number of fused-ring (bicyclic) bond motifs is 2. The molecule has 6 rings (SSSR count). The van der Waals surface area contributed by atoms with Crippen molar-refractivity contribution in [2.75, 3.05) is 26.9 Å². The third-order valence-corrected chi connectivity index (χ3v) is 11.2. The highest BCUT2D eigenvalue weighted by Gasteiger charge is 2.46. The first-order valence-electron chi connectivity index (χ1n) is 15.5. The molecule has 1 spiro atoms. The number of aromatic nitrogens is 5. The maximum absolute atomic E-state index is 14.2. The van der Waals surface area contributed by atoms with E-state index in [4.69, 9.17) is 19.2 Å². The van der Waals surface area contributed by atoms with Crippen molar-refractivity contribution >= 4 is 27.0 Å². The summed E-state index contributed by atoms with van der Waals surface area (Å²) < 4.78 is 48.9. The number of hydrogen-bond donors (Lipinski definition) is 0. The van der Waals surface area contributed by atoms with Gasteiger partial charge in [0.2, 0.25) is 15.9 Å². The summed E-state index contributed by atoms with van der Waals surface area (Å²) in [4.78, 5) is 22.8. The molecule has 0 radical (unpaired) electrons. The largest absolute Gasteiger partial charge is 0.469 e. The molecule has 1 fully saturated rings. The number of esters is 1. The van der Waals surface area contributed by atoms with E-state index in [-0.39, 0.29) is 23.9 Å². The van der Waals surface area contributed by atoms with E-state index in [0.29, 0.717) is 44.0 Å². The molecule has 2 aliphatic heterocycles. The summed E-state index contributed by atoms with van der Waals surface area (Å²) in [6.07, 6.45) is 2.60. The van der Waals surface area contributed by atoms with Crippen LogP contribution in [-0.4, -0.2) is 76.1 Å². The third kappa shape index (κ3) is 5.43. The minimum Gasteiger partial charge on any atom is -0.469 e. The van der Waals surface area contributed by atoms with Gasteiger partial charge in [-0.05, 0) is 75.6 Å². The molecular formula is C33H40N6O6S. The summed E-state index contributed by atoms with van der Waals surface area (Å²) in [5.41, 5.74) is 3.62. The molecule has 0 saturated carbocycles. The van der Waals surface area contributed by atoms with Crippen LogP contribution < -0.4 is 4.74 Å². The number of nitrogens with zero attached hydrogens (tertiary/aromatic N) is 6. The molecule has 0 bridgehead atoms. The lowest BCUT2D eigenvalue weighted by Gasteiger charge is -2.38. The maximum atomic E-state index is 14.2. The molecule has 0 N–H and O–H groups in total. The summed E-state index contributed by atoms with van der Waals surface area (Å²) in [5.74, 6) is -0.821. The van der Waals surface area contributed by atoms with Gasteiger partial charge in [-0.3, -0.25) is 9.78 Å². The number of benzene rings is 1. The van der Waals surface area contributed by atoms with Crippen molar-refractivity contribution in [3.63, 3.8) is 0 Å². The predicted octanol–water partition coefficient (Wildman–Crippen LogP) is 4.32. The van der Waals surface area contributed by atoms with Crippen LogP contribution in [0.15, 0.2) is 47.5 Å². The SMILES string of the molecule is CCn1nnc2c(C)c([C@@H](c3ccc(C)c(CN4CC5(CCOCC5)Oc5ncccc5S4(=O)=O)n3)C(C)(C)C(=O)OC)ccc21. The first-order valence-corrected chi connectivity index (χ1v) is 17.0. The molecule has 0 amide bonds. The van der Waals surface area contributed by atoms with Gasteiger partial charge in [-0.25, -0.2) is 18.1 Å². The lowest BCUT2D eigenvalue weighted by molar-refractivity contribution is -0.151. The number of carbonyl (C=O) groups is 1. The number of aryl methyl sites for hydroxylation is 3. The van der Waals surface area contributed by atoms with Crippen LogP contribution >= 0.6 is 0 Å². The lowest BCUT2D eigenvalue weighted by atomic mass is 9.71. The zero-order valence-electron chi connectivity index (χ0n) is 27.1. The number of sulfonamides is 1. The zero-order valence-corrected chi connectivity index (χ0v) is 27.9. The number of methoxy groups -OCH3 is 1. The number of hydrogen-bond acceptors (Lipinski definition) is 10. The van der Waals surface area contributed by atoms with E-state index >= 15 is 0 Å². The van der Waals surface area contributed by atoms with Crippen LogP contribution in [0.2, 0.25) is 0 Å². The Morgan fingerprint density at radius 1 is 1.13 bits per heavy atom. The average Bonchev–Trinajstić information content (AvgIpc) is 3.44. The third-order valence-electron chi connectivity index (χ3n) is 9.41. The molecule has 3 aromatic heterocycles. The Morgan fingerprint density at radius 2 is 1.89 bits per heavy atom. The quantitative estimate of drug-likeness (QED) is 0.266. The van der Waals surface area contributed by atoms with Crippen molar-refractivity contribution in [2.24, 2.45) is 5.41 Å². The fourth-order valence-corrected chi connectivity index (χ4v) is 8.22. The monoisotopic (exact) mass is 648 g/mol. The summed E-state index contributed by atoms with van der Waals surface area (Å²) >= 11 is 0. The smallest absolute Gasteiger partial charge is 0.312 e. The molecule has 13 heteroatoms. The van der Waals surface area contributed by atoms with E-state index in [9.17, 15) is 13.2 Å². The van der Waals surface area contributed by atoms with Crippen molar-refractivity contribution in [1.82, 2.24) is 29.3 Å². The van der Waals surface area contributed by atoms with Gasteiger partial charge in [-0.15, -0.1) is 5.10 Å². The fourth-order valence-electron chi connectivity index (χ4n) is 6.68. The second-order valence-corrected chi connectivity index (χ2v) is 14.6. The molecule has 0 unspecified atom stereocenters. The lowest BCUT2D eigenvalue weighted by Crippen LogP contribution is -2.50. The Hall–Kier alpha value is -3.94. The van der Waals surface area contributed by atoms with Crippen LogP contribution in [0.1, 0.15) is 67.6 Å². The first kappa shape index (κ1) is 32.0. The van der Waals surface area contributed by atoms with Crippen LogP contribution in [-0.2, 0) is 37.4 Å². The summed E-state index contributed by atoms with van der Waals surface area (Å²) in [6, 6.07) is 10.9. The van der Waals surface area contributed by atoms with E-state index in [1.54, 1.807) is 6.07 Å². The van der Waals surface area contributed by atoms with Crippen molar-refractivity contribution in [3.8, 4) is 5.88 Å². The Kier molecular flexibility index (Phi) is 8.36. The van der Waals surface area contributed by atoms with E-state index < -0.39 is 32.9 Å². The van der Waals surface area contributed by atoms with E-state index in [0.717, 1.165) is 27.7 Å². The van der Waals surface area contributed by atoms with Gasteiger partial charge in [0.05, 0.1) is 50.0 Å². The highest BCUT2D eigenvalue weighted by atomic mass is 32.2. The number of pyridine rings is 2. The van der Waals surface area contributed by atoms with Gasteiger partial charge >= 0.3 is 5.97 Å². The van der Waals surface area contributed by atoms with Crippen LogP contribution in [0, 0.1) is 19.3 Å². The van der Waals surface area contributed by atoms with Gasteiger partial charge in [0, 0.05) is 37.2 Å². The van der Waals surface area contributed by atoms with Gasteiger partial charge in [0.15, 0.2) is 0 Å². The average molecular weight is 649 g/mol. The highest BCUT2D eigenvalue weighted by molar-refractivity contribution is 7.89. The first-order chi connectivity index (χ1) is 21.9. The molecule has 12 nitrogen and oxygen atoms in total. The molecule has 5 heterocycles. The topological polar surface area (TPSA) is 139 Å². The normalized spacial score (nSPS) is 18.5. The van der Waals surface area contributed by atoms with Crippen LogP contribution in [0.5, 0.6) is 5.88 Å². The summed E-state index contributed by atoms with van der Waals surface area (Å²) in [6.45, 7) is 11.3. The molecular weight excluding hydrogens is 608 g/mol. The van der Waals surface area contributed by atoms with E-state index in [1.165, 1.54) is 23.7 Å². The van der Waals surface area contributed by atoms with E-state index in [2.05, 4.69) is 15.3 Å². The molecule has 4 aromatic rings. The summed E-state index contributed by atoms with van der Waals surface area (Å²) in [7, 11) is -2.62. The molecule has 1 aromatic carbocycles. The van der Waals surface area contributed by atoms with Crippen LogP contribution in [0.3, 0.4) is 0 Å². The standard InChI is InChI=1S/C33H40N6O6S/c1-7-39-26-13-11-23(22(3)29(26)36-37-39)28(32(4,5)31(40)43-6)24-12-10-21(2)25(35-24)19-38-20-33(14-17-44-18-15-33)45-30-27(46(38,41)42)9-8-16-34-30/h8-13,16,28H,7,14-15,17-20H2,1-6H3/t28-/m0/s1. The van der Waals surface area contributed by atoms with Crippen molar-refractivity contribution in [2.45, 2.75) is 77.0 Å². The number of ether oxygens (including phenoxy) is 3. The Balaban J connectivity index is 1.46. The number of rotatable bonds is 7. The molecule has 2 aliphatic rings. The summed E-state index contributed by atoms with van der Waals surface area (Å²) in [5, 5.41) is 8.74. The van der Waals surface area contributed by atoms with Gasteiger partial charge in [-0.1, -0.05) is 17.3 Å². The molecule has 46 heavy (non-hydrogen) atoms. The maximum Gasteiger partial charge on any atom is 0.312 e. The van der Waals surface area contributed by atoms with Crippen molar-refractivity contribution in [1.29, 1.82) is 0 Å². The Bertz CT molecular complexity index is 1900. The van der Waals surface area contributed by atoms with E-state index in [1.807, 2.05) is 63.6 Å². The minimum atomic E-state index is -4.00. The minimum absolute atomic E-state index is 0.0104. The highest BCUT2D eigenvalue weighted by Crippen LogP contribution is 2.44. The molecule has 1 atom stereocenters.